The average Bonchev–Trinajstić information content (AvgIpc) is 2.37. The molecule has 4 nitrogen and oxygen atoms in total. The molecule has 1 fully saturated rings. The molecule has 92 valence electrons. The van der Waals surface area contributed by atoms with Crippen molar-refractivity contribution in [1.82, 2.24) is 15.2 Å². The van der Waals surface area contributed by atoms with E-state index in [1.54, 1.807) is 6.20 Å². The predicted molar refractivity (Wildman–Crippen MR) is 66.3 cm³/mol. The van der Waals surface area contributed by atoms with Crippen LogP contribution >= 0.6 is 0 Å². The van der Waals surface area contributed by atoms with Crippen LogP contribution in [0.5, 0.6) is 0 Å². The van der Waals surface area contributed by atoms with Gasteiger partial charge in [-0.15, -0.1) is 0 Å². The molecule has 1 aromatic heterocycles. The molecule has 17 heavy (non-hydrogen) atoms. The molecule has 0 saturated carbocycles. The molecule has 0 spiro atoms. The number of pyridine rings is 1. The van der Waals surface area contributed by atoms with Crippen LogP contribution < -0.4 is 5.32 Å². The second-order valence-corrected chi connectivity index (χ2v) is 4.64. The minimum atomic E-state index is 0.137. The van der Waals surface area contributed by atoms with E-state index in [1.165, 1.54) is 0 Å². The summed E-state index contributed by atoms with van der Waals surface area (Å²) in [6.07, 6.45) is 3.85. The van der Waals surface area contributed by atoms with Gasteiger partial charge in [-0.25, -0.2) is 0 Å². The fraction of sp³-hybridized carbons (Fsp3) is 0.538. The maximum atomic E-state index is 12.0. The summed E-state index contributed by atoms with van der Waals surface area (Å²) in [5.74, 6) is 0.291. The smallest absolute Gasteiger partial charge is 0.224 e. The minimum absolute atomic E-state index is 0.137. The number of likely N-dealkylation sites (tertiary alicyclic amines) is 1. The summed E-state index contributed by atoms with van der Waals surface area (Å²) in [7, 11) is 2.07. The van der Waals surface area contributed by atoms with Gasteiger partial charge in [-0.1, -0.05) is 6.07 Å². The molecule has 1 amide bonds. The Balaban J connectivity index is 1.81. The third kappa shape index (κ3) is 3.53. The SMILES string of the molecule is CN1CCC[C@H](C(=O)NCc2ccccn2)C1. The molecule has 2 heterocycles. The van der Waals surface area contributed by atoms with E-state index in [1.807, 2.05) is 18.2 Å². The van der Waals surface area contributed by atoms with Crippen LogP contribution in [0.15, 0.2) is 24.4 Å². The quantitative estimate of drug-likeness (QED) is 0.848. The van der Waals surface area contributed by atoms with Crippen LogP contribution in [0, 0.1) is 5.92 Å². The molecule has 2 rings (SSSR count). The topological polar surface area (TPSA) is 45.2 Å². The van der Waals surface area contributed by atoms with Crippen molar-refractivity contribution in [2.75, 3.05) is 20.1 Å². The molecular formula is C13H19N3O. The summed E-state index contributed by atoms with van der Waals surface area (Å²) < 4.78 is 0. The lowest BCUT2D eigenvalue weighted by molar-refractivity contribution is -0.126. The van der Waals surface area contributed by atoms with Crippen LogP contribution in [0.4, 0.5) is 0 Å². The summed E-state index contributed by atoms with van der Waals surface area (Å²) in [5, 5.41) is 2.96. The lowest BCUT2D eigenvalue weighted by Gasteiger charge is -2.28. The molecule has 0 aliphatic carbocycles. The molecule has 1 atom stereocenters. The second kappa shape index (κ2) is 5.77. The Morgan fingerprint density at radius 1 is 1.59 bits per heavy atom. The highest BCUT2D eigenvalue weighted by Crippen LogP contribution is 2.15. The number of hydrogen-bond donors (Lipinski definition) is 1. The summed E-state index contributed by atoms with van der Waals surface area (Å²) in [5.41, 5.74) is 0.907. The van der Waals surface area contributed by atoms with E-state index in [4.69, 9.17) is 0 Å². The molecule has 1 N–H and O–H groups in total. The van der Waals surface area contributed by atoms with Crippen molar-refractivity contribution < 1.29 is 4.79 Å². The van der Waals surface area contributed by atoms with Gasteiger partial charge < -0.3 is 10.2 Å². The molecule has 0 aromatic carbocycles. The zero-order valence-electron chi connectivity index (χ0n) is 10.2. The molecule has 0 unspecified atom stereocenters. The van der Waals surface area contributed by atoms with E-state index in [9.17, 15) is 4.79 Å². The number of carbonyl (C=O) groups is 1. The molecule has 0 radical (unpaired) electrons. The predicted octanol–water partition coefficient (Wildman–Crippen LogP) is 1.04. The normalized spacial score (nSPS) is 21.1. The van der Waals surface area contributed by atoms with Crippen molar-refractivity contribution >= 4 is 5.91 Å². The number of nitrogens with one attached hydrogen (secondary N) is 1. The Kier molecular flexibility index (Phi) is 4.09. The maximum Gasteiger partial charge on any atom is 0.224 e. The third-order valence-electron chi connectivity index (χ3n) is 3.17. The summed E-state index contributed by atoms with van der Waals surface area (Å²) in [4.78, 5) is 18.4. The minimum Gasteiger partial charge on any atom is -0.350 e. The zero-order chi connectivity index (χ0) is 12.1. The highest BCUT2D eigenvalue weighted by atomic mass is 16.1. The van der Waals surface area contributed by atoms with E-state index in [-0.39, 0.29) is 11.8 Å². The van der Waals surface area contributed by atoms with Gasteiger partial charge in [0.15, 0.2) is 0 Å². The van der Waals surface area contributed by atoms with Crippen LogP contribution in [-0.2, 0) is 11.3 Å². The number of amides is 1. The number of nitrogens with zero attached hydrogens (tertiary/aromatic N) is 2. The van der Waals surface area contributed by atoms with Gasteiger partial charge in [0.05, 0.1) is 18.2 Å². The zero-order valence-corrected chi connectivity index (χ0v) is 10.2. The van der Waals surface area contributed by atoms with E-state index in [0.717, 1.165) is 31.6 Å². The summed E-state index contributed by atoms with van der Waals surface area (Å²) in [6.45, 7) is 2.50. The number of aromatic nitrogens is 1. The Morgan fingerprint density at radius 3 is 3.18 bits per heavy atom. The van der Waals surface area contributed by atoms with Gasteiger partial charge in [-0.05, 0) is 38.6 Å². The largest absolute Gasteiger partial charge is 0.350 e. The van der Waals surface area contributed by atoms with Crippen LogP contribution in [0.3, 0.4) is 0 Å². The first-order chi connectivity index (χ1) is 8.25. The number of hydrogen-bond acceptors (Lipinski definition) is 3. The summed E-state index contributed by atoms with van der Waals surface area (Å²) >= 11 is 0. The van der Waals surface area contributed by atoms with Gasteiger partial charge in [-0.3, -0.25) is 9.78 Å². The Labute approximate surface area is 102 Å². The lowest BCUT2D eigenvalue weighted by Crippen LogP contribution is -2.41. The van der Waals surface area contributed by atoms with Crippen molar-refractivity contribution in [3.63, 3.8) is 0 Å². The number of piperidine rings is 1. The van der Waals surface area contributed by atoms with Gasteiger partial charge in [0, 0.05) is 12.7 Å². The van der Waals surface area contributed by atoms with Crippen molar-refractivity contribution in [3.05, 3.63) is 30.1 Å². The third-order valence-corrected chi connectivity index (χ3v) is 3.17. The first-order valence-corrected chi connectivity index (χ1v) is 6.12. The highest BCUT2D eigenvalue weighted by molar-refractivity contribution is 5.78. The summed E-state index contributed by atoms with van der Waals surface area (Å²) in [6, 6.07) is 5.73. The molecule has 0 bridgehead atoms. The van der Waals surface area contributed by atoms with Crippen molar-refractivity contribution in [2.24, 2.45) is 5.92 Å². The molecule has 4 heteroatoms. The Bertz CT molecular complexity index is 366. The van der Waals surface area contributed by atoms with Crippen LogP contribution in [0.2, 0.25) is 0 Å². The molecular weight excluding hydrogens is 214 g/mol. The van der Waals surface area contributed by atoms with E-state index in [0.29, 0.717) is 6.54 Å². The van der Waals surface area contributed by atoms with Gasteiger partial charge in [-0.2, -0.15) is 0 Å². The lowest BCUT2D eigenvalue weighted by atomic mass is 9.97. The monoisotopic (exact) mass is 233 g/mol. The van der Waals surface area contributed by atoms with Gasteiger partial charge in [0.2, 0.25) is 5.91 Å². The molecule has 1 aromatic rings. The molecule has 1 aliphatic rings. The van der Waals surface area contributed by atoms with Gasteiger partial charge in [0.1, 0.15) is 0 Å². The van der Waals surface area contributed by atoms with Crippen molar-refractivity contribution in [3.8, 4) is 0 Å². The fourth-order valence-electron chi connectivity index (χ4n) is 2.21. The Morgan fingerprint density at radius 2 is 2.47 bits per heavy atom. The first-order valence-electron chi connectivity index (χ1n) is 6.12. The van der Waals surface area contributed by atoms with Gasteiger partial charge >= 0.3 is 0 Å². The molecule has 1 saturated heterocycles. The second-order valence-electron chi connectivity index (χ2n) is 4.64. The van der Waals surface area contributed by atoms with E-state index >= 15 is 0 Å². The van der Waals surface area contributed by atoms with Crippen molar-refractivity contribution in [2.45, 2.75) is 19.4 Å². The fourth-order valence-corrected chi connectivity index (χ4v) is 2.21. The van der Waals surface area contributed by atoms with E-state index in [2.05, 4.69) is 22.2 Å². The van der Waals surface area contributed by atoms with E-state index < -0.39 is 0 Å². The number of rotatable bonds is 3. The highest BCUT2D eigenvalue weighted by Gasteiger charge is 2.23. The maximum absolute atomic E-state index is 12.0. The van der Waals surface area contributed by atoms with Crippen LogP contribution in [0.1, 0.15) is 18.5 Å². The van der Waals surface area contributed by atoms with Crippen LogP contribution in [-0.4, -0.2) is 35.9 Å². The standard InChI is InChI=1S/C13H19N3O/c1-16-8-4-5-11(10-16)13(17)15-9-12-6-2-3-7-14-12/h2-3,6-7,11H,4-5,8-10H2,1H3,(H,15,17)/t11-/m0/s1. The van der Waals surface area contributed by atoms with Gasteiger partial charge in [0.25, 0.3) is 0 Å². The first kappa shape index (κ1) is 12.0. The Hall–Kier alpha value is -1.42. The average molecular weight is 233 g/mol. The van der Waals surface area contributed by atoms with Crippen LogP contribution in [0.25, 0.3) is 0 Å². The van der Waals surface area contributed by atoms with Crippen molar-refractivity contribution in [1.29, 1.82) is 0 Å². The molecule has 1 aliphatic heterocycles. The number of carbonyl (C=O) groups excluding carboxylic acids is 1.